The molecule has 64 valence electrons. The zero-order valence-corrected chi connectivity index (χ0v) is 6.82. The average Bonchev–Trinajstić information content (AvgIpc) is 2.03. The summed E-state index contributed by atoms with van der Waals surface area (Å²) in [6.45, 7) is 1.08. The summed E-state index contributed by atoms with van der Waals surface area (Å²) >= 11 is 0. The number of alkyl halides is 2. The summed E-state index contributed by atoms with van der Waals surface area (Å²) in [4.78, 5) is 0. The molecule has 0 radical (unpaired) electrons. The smallest absolute Gasteiger partial charge is 0.111 e. The first-order valence-corrected chi connectivity index (χ1v) is 3.81. The van der Waals surface area contributed by atoms with Crippen LogP contribution < -0.4 is 0 Å². The number of rotatable bonds is 5. The van der Waals surface area contributed by atoms with Crippen molar-refractivity contribution in [2.45, 2.75) is 19.8 Å². The summed E-state index contributed by atoms with van der Waals surface area (Å²) in [5.74, 6) is 0. The average molecular weight is 160 g/mol. The van der Waals surface area contributed by atoms with Crippen LogP contribution in [-0.2, 0) is 0 Å². The standard InChI is InChI=1S/C9H14F2/c1-2-5-9(8-11)6-3-4-7-10/h3-4,6H,2,5,7-8H2,1H3/b4-3-,9-6-. The molecule has 0 atom stereocenters. The summed E-state index contributed by atoms with van der Waals surface area (Å²) in [6.07, 6.45) is 6.26. The molecule has 0 aliphatic heterocycles. The van der Waals surface area contributed by atoms with Gasteiger partial charge in [0, 0.05) is 0 Å². The highest BCUT2D eigenvalue weighted by atomic mass is 19.1. The fourth-order valence-electron chi connectivity index (χ4n) is 0.771. The van der Waals surface area contributed by atoms with Crippen molar-refractivity contribution in [2.75, 3.05) is 13.3 Å². The summed E-state index contributed by atoms with van der Waals surface area (Å²) in [5, 5.41) is 0. The van der Waals surface area contributed by atoms with Gasteiger partial charge in [-0.2, -0.15) is 0 Å². The van der Waals surface area contributed by atoms with Crippen LogP contribution in [0.3, 0.4) is 0 Å². The summed E-state index contributed by atoms with van der Waals surface area (Å²) in [5.41, 5.74) is 0.734. The zero-order chi connectivity index (χ0) is 8.53. The van der Waals surface area contributed by atoms with Gasteiger partial charge in [0.25, 0.3) is 0 Å². The minimum atomic E-state index is -0.484. The first-order chi connectivity index (χ1) is 5.35. The van der Waals surface area contributed by atoms with Crippen LogP contribution in [0.2, 0.25) is 0 Å². The van der Waals surface area contributed by atoms with E-state index in [2.05, 4.69) is 0 Å². The molecule has 0 saturated heterocycles. The van der Waals surface area contributed by atoms with E-state index in [1.54, 1.807) is 12.2 Å². The van der Waals surface area contributed by atoms with Gasteiger partial charge < -0.3 is 0 Å². The van der Waals surface area contributed by atoms with Gasteiger partial charge in [-0.05, 0) is 12.0 Å². The highest BCUT2D eigenvalue weighted by Gasteiger charge is 1.91. The molecule has 11 heavy (non-hydrogen) atoms. The van der Waals surface area contributed by atoms with Crippen LogP contribution in [0.15, 0.2) is 23.8 Å². The Kier molecular flexibility index (Phi) is 7.00. The van der Waals surface area contributed by atoms with Crippen LogP contribution in [0.1, 0.15) is 19.8 Å². The van der Waals surface area contributed by atoms with Crippen LogP contribution in [0.5, 0.6) is 0 Å². The second kappa shape index (κ2) is 7.45. The van der Waals surface area contributed by atoms with Crippen molar-refractivity contribution >= 4 is 0 Å². The van der Waals surface area contributed by atoms with Gasteiger partial charge in [0.1, 0.15) is 13.3 Å². The van der Waals surface area contributed by atoms with Gasteiger partial charge in [-0.3, -0.25) is 0 Å². The fraction of sp³-hybridized carbons (Fsp3) is 0.556. The van der Waals surface area contributed by atoms with Crippen molar-refractivity contribution in [2.24, 2.45) is 0 Å². The van der Waals surface area contributed by atoms with Crippen molar-refractivity contribution in [3.05, 3.63) is 23.8 Å². The lowest BCUT2D eigenvalue weighted by atomic mass is 10.1. The fourth-order valence-corrected chi connectivity index (χ4v) is 0.771. The summed E-state index contributed by atoms with van der Waals surface area (Å²) < 4.78 is 23.6. The Bertz CT molecular complexity index is 136. The molecule has 0 unspecified atom stereocenters. The van der Waals surface area contributed by atoms with E-state index in [0.717, 1.165) is 18.4 Å². The lowest BCUT2D eigenvalue weighted by molar-refractivity contribution is 0.530. The van der Waals surface area contributed by atoms with E-state index in [1.165, 1.54) is 6.08 Å². The van der Waals surface area contributed by atoms with Crippen LogP contribution in [0, 0.1) is 0 Å². The number of hydrogen-bond donors (Lipinski definition) is 0. The Morgan fingerprint density at radius 1 is 1.36 bits per heavy atom. The molecular weight excluding hydrogens is 146 g/mol. The monoisotopic (exact) mass is 160 g/mol. The first-order valence-electron chi connectivity index (χ1n) is 3.81. The molecule has 0 aliphatic carbocycles. The van der Waals surface area contributed by atoms with E-state index in [9.17, 15) is 8.78 Å². The van der Waals surface area contributed by atoms with Gasteiger partial charge >= 0.3 is 0 Å². The van der Waals surface area contributed by atoms with E-state index < -0.39 is 13.3 Å². The van der Waals surface area contributed by atoms with Gasteiger partial charge in [-0.15, -0.1) is 0 Å². The lowest BCUT2D eigenvalue weighted by Crippen LogP contribution is -1.83. The molecule has 0 amide bonds. The van der Waals surface area contributed by atoms with Crippen LogP contribution in [0.4, 0.5) is 8.78 Å². The zero-order valence-electron chi connectivity index (χ0n) is 6.82. The van der Waals surface area contributed by atoms with Crippen molar-refractivity contribution in [1.82, 2.24) is 0 Å². The highest BCUT2D eigenvalue weighted by molar-refractivity contribution is 5.12. The Morgan fingerprint density at radius 2 is 2.09 bits per heavy atom. The minimum absolute atomic E-state index is 0.426. The van der Waals surface area contributed by atoms with Crippen molar-refractivity contribution in [3.8, 4) is 0 Å². The third kappa shape index (κ3) is 5.77. The first kappa shape index (κ1) is 10.3. The SMILES string of the molecule is CCC/C(=C/C=C\CF)CF. The summed E-state index contributed by atoms with van der Waals surface area (Å²) in [6, 6.07) is 0. The molecule has 0 bridgehead atoms. The molecule has 0 rings (SSSR count). The maximum atomic E-state index is 12.1. The van der Waals surface area contributed by atoms with E-state index in [-0.39, 0.29) is 0 Å². The summed E-state index contributed by atoms with van der Waals surface area (Å²) in [7, 11) is 0. The van der Waals surface area contributed by atoms with Crippen molar-refractivity contribution in [3.63, 3.8) is 0 Å². The predicted octanol–water partition coefficient (Wildman–Crippen LogP) is 3.21. The molecule has 0 saturated carbocycles. The molecule has 0 spiro atoms. The Morgan fingerprint density at radius 3 is 2.55 bits per heavy atom. The Balaban J connectivity index is 3.79. The van der Waals surface area contributed by atoms with Gasteiger partial charge in [0.05, 0.1) is 0 Å². The number of halogens is 2. The molecule has 0 heterocycles. The largest absolute Gasteiger partial charge is 0.247 e. The van der Waals surface area contributed by atoms with Gasteiger partial charge in [0.2, 0.25) is 0 Å². The van der Waals surface area contributed by atoms with E-state index in [4.69, 9.17) is 0 Å². The van der Waals surface area contributed by atoms with E-state index in [1.807, 2.05) is 6.92 Å². The molecule has 0 aromatic heterocycles. The molecule has 0 aromatic rings. The highest BCUT2D eigenvalue weighted by Crippen LogP contribution is 2.05. The minimum Gasteiger partial charge on any atom is -0.247 e. The normalized spacial score (nSPS) is 12.8. The lowest BCUT2D eigenvalue weighted by Gasteiger charge is -1.96. The van der Waals surface area contributed by atoms with Crippen molar-refractivity contribution < 1.29 is 8.78 Å². The molecule has 0 nitrogen and oxygen atoms in total. The topological polar surface area (TPSA) is 0 Å². The molecule has 2 heteroatoms. The molecule has 0 aliphatic rings. The van der Waals surface area contributed by atoms with Gasteiger partial charge in [-0.25, -0.2) is 8.78 Å². The quantitative estimate of drug-likeness (QED) is 0.542. The maximum absolute atomic E-state index is 12.1. The predicted molar refractivity (Wildman–Crippen MR) is 44.1 cm³/mol. The van der Waals surface area contributed by atoms with Crippen molar-refractivity contribution in [1.29, 1.82) is 0 Å². The Hall–Kier alpha value is -0.660. The van der Waals surface area contributed by atoms with Crippen LogP contribution in [-0.4, -0.2) is 13.3 Å². The molecule has 0 N–H and O–H groups in total. The van der Waals surface area contributed by atoms with Crippen LogP contribution in [0.25, 0.3) is 0 Å². The van der Waals surface area contributed by atoms with Crippen LogP contribution >= 0.6 is 0 Å². The molecular formula is C9H14F2. The third-order valence-electron chi connectivity index (χ3n) is 1.30. The third-order valence-corrected chi connectivity index (χ3v) is 1.30. The van der Waals surface area contributed by atoms with E-state index in [0.29, 0.717) is 0 Å². The van der Waals surface area contributed by atoms with Gasteiger partial charge in [-0.1, -0.05) is 31.6 Å². The van der Waals surface area contributed by atoms with E-state index >= 15 is 0 Å². The number of hydrogen-bond acceptors (Lipinski definition) is 0. The molecule has 0 fully saturated rings. The van der Waals surface area contributed by atoms with Gasteiger partial charge in [0.15, 0.2) is 0 Å². The maximum Gasteiger partial charge on any atom is 0.111 e. The number of allylic oxidation sites excluding steroid dienone is 4. The molecule has 0 aromatic carbocycles. The second-order valence-electron chi connectivity index (χ2n) is 2.29. The second-order valence-corrected chi connectivity index (χ2v) is 2.29. The Labute approximate surface area is 66.6 Å².